The van der Waals surface area contributed by atoms with E-state index in [9.17, 15) is 18.7 Å². The van der Waals surface area contributed by atoms with Crippen LogP contribution in [0.25, 0.3) is 0 Å². The fourth-order valence-electron chi connectivity index (χ4n) is 3.67. The highest BCUT2D eigenvalue weighted by molar-refractivity contribution is 5.73. The average Bonchev–Trinajstić information content (AvgIpc) is 2.64. The molecule has 0 radical (unpaired) electrons. The zero-order valence-corrected chi connectivity index (χ0v) is 14.5. The summed E-state index contributed by atoms with van der Waals surface area (Å²) in [6.45, 7) is 0.510. The van der Waals surface area contributed by atoms with Crippen LogP contribution in [0.5, 0.6) is 5.75 Å². The number of carboxylic acids is 1. The van der Waals surface area contributed by atoms with Gasteiger partial charge >= 0.3 is 5.97 Å². The molecule has 2 atom stereocenters. The minimum atomic E-state index is -0.938. The quantitative estimate of drug-likeness (QED) is 0.875. The van der Waals surface area contributed by atoms with Crippen molar-refractivity contribution in [1.82, 2.24) is 4.90 Å². The van der Waals surface area contributed by atoms with Gasteiger partial charge in [-0.25, -0.2) is 8.78 Å². The Hall–Kier alpha value is -2.47. The molecule has 2 aromatic rings. The van der Waals surface area contributed by atoms with E-state index in [2.05, 4.69) is 0 Å². The summed E-state index contributed by atoms with van der Waals surface area (Å²) in [5.74, 6) is -1.77. The van der Waals surface area contributed by atoms with Crippen LogP contribution in [-0.2, 0) is 4.79 Å². The Balaban J connectivity index is 2.17. The van der Waals surface area contributed by atoms with E-state index in [4.69, 9.17) is 4.74 Å². The van der Waals surface area contributed by atoms with Gasteiger partial charge in [0.2, 0.25) is 0 Å². The maximum absolute atomic E-state index is 14.7. The van der Waals surface area contributed by atoms with E-state index in [1.165, 1.54) is 19.2 Å². The average molecular weight is 361 g/mol. The molecule has 1 aliphatic rings. The van der Waals surface area contributed by atoms with E-state index in [1.807, 2.05) is 0 Å². The van der Waals surface area contributed by atoms with E-state index in [0.717, 1.165) is 18.9 Å². The Morgan fingerprint density at radius 3 is 2.65 bits per heavy atom. The Bertz CT molecular complexity index is 796. The summed E-state index contributed by atoms with van der Waals surface area (Å²) in [7, 11) is 1.52. The fraction of sp³-hybridized carbons (Fsp3) is 0.350. The Morgan fingerprint density at radius 1 is 1.19 bits per heavy atom. The molecule has 0 aliphatic carbocycles. The van der Waals surface area contributed by atoms with Crippen LogP contribution < -0.4 is 4.74 Å². The first-order valence-corrected chi connectivity index (χ1v) is 8.59. The van der Waals surface area contributed by atoms with Gasteiger partial charge in [0, 0.05) is 17.2 Å². The maximum Gasteiger partial charge on any atom is 0.320 e. The number of likely N-dealkylation sites (tertiary alicyclic amines) is 1. The van der Waals surface area contributed by atoms with Gasteiger partial charge in [0.1, 0.15) is 23.4 Å². The maximum atomic E-state index is 14.7. The van der Waals surface area contributed by atoms with E-state index in [-0.39, 0.29) is 5.56 Å². The number of carboxylic acid groups (broad SMARTS) is 1. The number of carbonyl (C=O) groups is 1. The van der Waals surface area contributed by atoms with Crippen LogP contribution in [0.3, 0.4) is 0 Å². The van der Waals surface area contributed by atoms with Gasteiger partial charge in [-0.15, -0.1) is 0 Å². The highest BCUT2D eigenvalue weighted by Crippen LogP contribution is 2.39. The Labute approximate surface area is 151 Å². The molecule has 1 saturated heterocycles. The number of para-hydroxylation sites is 1. The van der Waals surface area contributed by atoms with Crippen molar-refractivity contribution in [1.29, 1.82) is 0 Å². The van der Waals surface area contributed by atoms with Crippen LogP contribution in [-0.4, -0.2) is 35.7 Å². The summed E-state index contributed by atoms with van der Waals surface area (Å²) >= 11 is 0. The lowest BCUT2D eigenvalue weighted by molar-refractivity contribution is -0.145. The summed E-state index contributed by atoms with van der Waals surface area (Å²) in [6, 6.07) is 9.14. The van der Waals surface area contributed by atoms with Crippen LogP contribution >= 0.6 is 0 Å². The number of hydrogen-bond donors (Lipinski definition) is 1. The fourth-order valence-corrected chi connectivity index (χ4v) is 3.67. The Kier molecular flexibility index (Phi) is 5.52. The topological polar surface area (TPSA) is 49.8 Å². The second-order valence-corrected chi connectivity index (χ2v) is 6.40. The molecule has 0 bridgehead atoms. The van der Waals surface area contributed by atoms with Crippen molar-refractivity contribution < 1.29 is 23.4 Å². The first-order chi connectivity index (χ1) is 12.5. The molecule has 1 heterocycles. The molecule has 0 aromatic heterocycles. The zero-order valence-electron chi connectivity index (χ0n) is 14.5. The van der Waals surface area contributed by atoms with E-state index < -0.39 is 29.7 Å². The Morgan fingerprint density at radius 2 is 1.96 bits per heavy atom. The first kappa shape index (κ1) is 18.3. The van der Waals surface area contributed by atoms with Crippen molar-refractivity contribution in [3.63, 3.8) is 0 Å². The van der Waals surface area contributed by atoms with E-state index in [0.29, 0.717) is 24.3 Å². The molecule has 0 amide bonds. The number of piperidine rings is 1. The molecule has 3 rings (SSSR count). The monoisotopic (exact) mass is 361 g/mol. The highest BCUT2D eigenvalue weighted by Gasteiger charge is 2.37. The van der Waals surface area contributed by atoms with Gasteiger partial charge < -0.3 is 9.84 Å². The molecule has 1 fully saturated rings. The molecular weight excluding hydrogens is 340 g/mol. The van der Waals surface area contributed by atoms with Gasteiger partial charge in [0.25, 0.3) is 0 Å². The van der Waals surface area contributed by atoms with Crippen molar-refractivity contribution >= 4 is 5.97 Å². The number of aliphatic carboxylic acids is 1. The lowest BCUT2D eigenvalue weighted by atomic mass is 9.91. The van der Waals surface area contributed by atoms with Crippen LogP contribution in [0.1, 0.15) is 36.4 Å². The van der Waals surface area contributed by atoms with Crippen molar-refractivity contribution in [2.24, 2.45) is 0 Å². The lowest BCUT2D eigenvalue weighted by Gasteiger charge is -2.40. The largest absolute Gasteiger partial charge is 0.496 e. The summed E-state index contributed by atoms with van der Waals surface area (Å²) in [4.78, 5) is 13.6. The molecular formula is C20H21F2NO3. The van der Waals surface area contributed by atoms with E-state index in [1.54, 1.807) is 29.2 Å². The third-order valence-electron chi connectivity index (χ3n) is 4.85. The van der Waals surface area contributed by atoms with Gasteiger partial charge in [0.15, 0.2) is 0 Å². The van der Waals surface area contributed by atoms with Crippen LogP contribution in [0.15, 0.2) is 42.5 Å². The van der Waals surface area contributed by atoms with Gasteiger partial charge in [-0.05, 0) is 31.5 Å². The number of nitrogens with zero attached hydrogens (tertiary/aromatic N) is 1. The van der Waals surface area contributed by atoms with Crippen molar-refractivity contribution in [3.05, 3.63) is 65.2 Å². The second-order valence-electron chi connectivity index (χ2n) is 6.40. The first-order valence-electron chi connectivity index (χ1n) is 8.59. The van der Waals surface area contributed by atoms with Crippen molar-refractivity contribution in [3.8, 4) is 5.75 Å². The molecule has 0 saturated carbocycles. The minimum absolute atomic E-state index is 0.240. The van der Waals surface area contributed by atoms with Gasteiger partial charge in [-0.1, -0.05) is 30.7 Å². The predicted molar refractivity (Wildman–Crippen MR) is 93.2 cm³/mol. The molecule has 4 nitrogen and oxygen atoms in total. The van der Waals surface area contributed by atoms with Crippen LogP contribution in [0.4, 0.5) is 8.78 Å². The summed E-state index contributed by atoms with van der Waals surface area (Å²) < 4.78 is 33.5. The molecule has 138 valence electrons. The molecule has 1 N–H and O–H groups in total. The standard InChI is InChI=1S/C20H21F2NO3/c1-26-18-8-3-2-6-15(18)19(14-10-9-13(21)12-16(14)22)23-11-5-4-7-17(23)20(24)25/h2-3,6,8-10,12,17,19H,4-5,7,11H2,1H3,(H,24,25). The number of halogens is 2. The molecule has 26 heavy (non-hydrogen) atoms. The number of methoxy groups -OCH3 is 1. The van der Waals surface area contributed by atoms with Crippen molar-refractivity contribution in [2.75, 3.05) is 13.7 Å². The van der Waals surface area contributed by atoms with Crippen LogP contribution in [0, 0.1) is 11.6 Å². The summed E-state index contributed by atoms with van der Waals surface area (Å²) in [6.07, 6.45) is 2.11. The smallest absolute Gasteiger partial charge is 0.320 e. The molecule has 0 spiro atoms. The number of benzene rings is 2. The second kappa shape index (κ2) is 7.83. The van der Waals surface area contributed by atoms with Crippen LogP contribution in [0.2, 0.25) is 0 Å². The molecule has 6 heteroatoms. The highest BCUT2D eigenvalue weighted by atomic mass is 19.1. The SMILES string of the molecule is COc1ccccc1C(c1ccc(F)cc1F)N1CCCCC1C(=O)O. The van der Waals surface area contributed by atoms with E-state index >= 15 is 0 Å². The summed E-state index contributed by atoms with van der Waals surface area (Å²) in [5, 5.41) is 9.66. The molecule has 1 aliphatic heterocycles. The number of ether oxygens (including phenoxy) is 1. The normalized spacial score (nSPS) is 19.1. The summed E-state index contributed by atoms with van der Waals surface area (Å²) in [5.41, 5.74) is 0.901. The van der Waals surface area contributed by atoms with Gasteiger partial charge in [-0.2, -0.15) is 0 Å². The lowest BCUT2D eigenvalue weighted by Crippen LogP contribution is -2.47. The number of rotatable bonds is 5. The predicted octanol–water partition coefficient (Wildman–Crippen LogP) is 4.00. The number of hydrogen-bond acceptors (Lipinski definition) is 3. The van der Waals surface area contributed by atoms with Crippen molar-refractivity contribution in [2.45, 2.75) is 31.3 Å². The van der Waals surface area contributed by atoms with Gasteiger partial charge in [0.05, 0.1) is 13.2 Å². The molecule has 2 unspecified atom stereocenters. The molecule has 2 aromatic carbocycles. The third-order valence-corrected chi connectivity index (χ3v) is 4.85. The third kappa shape index (κ3) is 3.55. The van der Waals surface area contributed by atoms with Gasteiger partial charge in [-0.3, -0.25) is 9.69 Å². The minimum Gasteiger partial charge on any atom is -0.496 e. The zero-order chi connectivity index (χ0) is 18.7.